The number of hydrogen-bond acceptors (Lipinski definition) is 4. The molecule has 1 fully saturated rings. The van der Waals surface area contributed by atoms with E-state index in [4.69, 9.17) is 5.11 Å². The lowest BCUT2D eigenvalue weighted by atomic mass is 9.79. The Morgan fingerprint density at radius 2 is 2.14 bits per heavy atom. The molecule has 0 spiro atoms. The third-order valence-corrected chi connectivity index (χ3v) is 6.03. The number of rotatable bonds is 5. The molecule has 2 aliphatic rings. The number of sulfonamides is 1. The predicted octanol–water partition coefficient (Wildman–Crippen LogP) is 1.21. The summed E-state index contributed by atoms with van der Waals surface area (Å²) in [6, 6.07) is 5.09. The van der Waals surface area contributed by atoms with Crippen molar-refractivity contribution in [3.63, 3.8) is 0 Å². The Balaban J connectivity index is 1.67. The normalized spacial score (nSPS) is 24.0. The fraction of sp³-hybridized carbons (Fsp3) is 0.533. The van der Waals surface area contributed by atoms with E-state index in [-0.39, 0.29) is 23.3 Å². The molecule has 0 aromatic heterocycles. The first-order valence-electron chi connectivity index (χ1n) is 7.43. The van der Waals surface area contributed by atoms with Crippen LogP contribution < -0.4 is 9.62 Å². The van der Waals surface area contributed by atoms with Crippen LogP contribution in [0.1, 0.15) is 24.8 Å². The monoisotopic (exact) mass is 324 g/mol. The summed E-state index contributed by atoms with van der Waals surface area (Å²) >= 11 is 0. The Labute approximate surface area is 130 Å². The second-order valence-electron chi connectivity index (χ2n) is 6.22. The number of fused-ring (bicyclic) bond motifs is 1. The molecule has 1 aliphatic heterocycles. The molecule has 0 bridgehead atoms. The Kier molecular flexibility index (Phi) is 3.86. The van der Waals surface area contributed by atoms with Crippen molar-refractivity contribution in [2.45, 2.75) is 36.6 Å². The lowest BCUT2D eigenvalue weighted by molar-refractivity contribution is -0.138. The summed E-state index contributed by atoms with van der Waals surface area (Å²) < 4.78 is 27.5. The number of hydrogen-bond donors (Lipinski definition) is 2. The fourth-order valence-electron chi connectivity index (χ4n) is 3.22. The van der Waals surface area contributed by atoms with E-state index in [1.807, 2.05) is 13.1 Å². The van der Waals surface area contributed by atoms with Crippen LogP contribution in [0.3, 0.4) is 0 Å². The average molecular weight is 324 g/mol. The van der Waals surface area contributed by atoms with Crippen molar-refractivity contribution in [3.05, 3.63) is 23.8 Å². The molecule has 6 nitrogen and oxygen atoms in total. The zero-order valence-electron chi connectivity index (χ0n) is 12.4. The third-order valence-electron chi connectivity index (χ3n) is 4.52. The van der Waals surface area contributed by atoms with Crippen LogP contribution in [-0.4, -0.2) is 39.1 Å². The van der Waals surface area contributed by atoms with Gasteiger partial charge in [-0.3, -0.25) is 4.79 Å². The molecule has 1 aliphatic carbocycles. The number of benzene rings is 1. The van der Waals surface area contributed by atoms with E-state index < -0.39 is 16.0 Å². The zero-order chi connectivity index (χ0) is 15.9. The molecule has 7 heteroatoms. The first-order chi connectivity index (χ1) is 10.3. The van der Waals surface area contributed by atoms with E-state index in [9.17, 15) is 13.2 Å². The lowest BCUT2D eigenvalue weighted by Crippen LogP contribution is -2.44. The molecule has 1 aromatic rings. The summed E-state index contributed by atoms with van der Waals surface area (Å²) in [4.78, 5) is 12.9. The van der Waals surface area contributed by atoms with Crippen LogP contribution in [0.2, 0.25) is 0 Å². The summed E-state index contributed by atoms with van der Waals surface area (Å²) in [7, 11) is -1.58. The Hall–Kier alpha value is -1.60. The van der Waals surface area contributed by atoms with Crippen LogP contribution in [0.25, 0.3) is 0 Å². The molecular formula is C15H20N2O4S. The molecule has 1 saturated carbocycles. The minimum absolute atomic E-state index is 0.0800. The largest absolute Gasteiger partial charge is 0.481 e. The summed E-state index contributed by atoms with van der Waals surface area (Å²) in [5.74, 6) is -0.746. The maximum Gasteiger partial charge on any atom is 0.303 e. The van der Waals surface area contributed by atoms with Crippen molar-refractivity contribution >= 4 is 21.7 Å². The van der Waals surface area contributed by atoms with E-state index in [2.05, 4.69) is 9.62 Å². The fourth-order valence-corrected chi connectivity index (χ4v) is 4.50. The summed E-state index contributed by atoms with van der Waals surface area (Å²) in [6.45, 7) is 0.908. The van der Waals surface area contributed by atoms with Gasteiger partial charge in [0, 0.05) is 31.7 Å². The number of carboxylic acid groups (broad SMARTS) is 1. The minimum atomic E-state index is -3.54. The maximum atomic E-state index is 12.4. The third kappa shape index (κ3) is 2.96. The summed E-state index contributed by atoms with van der Waals surface area (Å²) in [5, 5.41) is 8.72. The van der Waals surface area contributed by atoms with Gasteiger partial charge >= 0.3 is 5.97 Å². The van der Waals surface area contributed by atoms with Gasteiger partial charge < -0.3 is 10.0 Å². The van der Waals surface area contributed by atoms with Crippen LogP contribution in [-0.2, 0) is 21.2 Å². The quantitative estimate of drug-likeness (QED) is 0.850. The van der Waals surface area contributed by atoms with Crippen molar-refractivity contribution in [2.24, 2.45) is 5.92 Å². The van der Waals surface area contributed by atoms with Gasteiger partial charge in [0.2, 0.25) is 10.0 Å². The molecule has 2 N–H and O–H groups in total. The van der Waals surface area contributed by atoms with E-state index >= 15 is 0 Å². The number of aliphatic carboxylic acids is 1. The molecular weight excluding hydrogens is 304 g/mol. The maximum absolute atomic E-state index is 12.4. The highest BCUT2D eigenvalue weighted by Gasteiger charge is 2.34. The molecule has 1 aromatic carbocycles. The number of likely N-dealkylation sites (N-methyl/N-ethyl adjacent to an activating group) is 1. The Morgan fingerprint density at radius 1 is 1.41 bits per heavy atom. The van der Waals surface area contributed by atoms with Crippen molar-refractivity contribution in [2.75, 3.05) is 18.5 Å². The van der Waals surface area contributed by atoms with Gasteiger partial charge in [-0.1, -0.05) is 6.07 Å². The molecule has 120 valence electrons. The van der Waals surface area contributed by atoms with Crippen LogP contribution in [0, 0.1) is 5.92 Å². The number of anilines is 1. The molecule has 0 radical (unpaired) electrons. The van der Waals surface area contributed by atoms with Gasteiger partial charge in [0.15, 0.2) is 0 Å². The predicted molar refractivity (Wildman–Crippen MR) is 82.5 cm³/mol. The molecule has 3 rings (SSSR count). The van der Waals surface area contributed by atoms with E-state index in [1.165, 1.54) is 5.56 Å². The Morgan fingerprint density at radius 3 is 2.82 bits per heavy atom. The highest BCUT2D eigenvalue weighted by molar-refractivity contribution is 7.89. The van der Waals surface area contributed by atoms with Gasteiger partial charge in [0.1, 0.15) is 0 Å². The Bertz CT molecular complexity index is 695. The molecule has 0 unspecified atom stereocenters. The summed E-state index contributed by atoms with van der Waals surface area (Å²) in [6.07, 6.45) is 2.24. The SMILES string of the molecule is CN1CCc2ccc(S(=O)(=O)NC3CC(CC(=O)O)C3)cc21. The van der Waals surface area contributed by atoms with Gasteiger partial charge in [0.25, 0.3) is 0 Å². The van der Waals surface area contributed by atoms with E-state index in [0.717, 1.165) is 18.7 Å². The summed E-state index contributed by atoms with van der Waals surface area (Å²) in [5.41, 5.74) is 2.15. The second-order valence-corrected chi connectivity index (χ2v) is 7.93. The van der Waals surface area contributed by atoms with Crippen LogP contribution in [0.15, 0.2) is 23.1 Å². The minimum Gasteiger partial charge on any atom is -0.481 e. The van der Waals surface area contributed by atoms with Crippen molar-refractivity contribution in [3.8, 4) is 0 Å². The molecule has 22 heavy (non-hydrogen) atoms. The van der Waals surface area contributed by atoms with Gasteiger partial charge in [0.05, 0.1) is 4.90 Å². The number of nitrogens with zero attached hydrogens (tertiary/aromatic N) is 1. The van der Waals surface area contributed by atoms with Gasteiger partial charge in [-0.2, -0.15) is 0 Å². The second kappa shape index (κ2) is 5.55. The molecule has 0 amide bonds. The van der Waals surface area contributed by atoms with E-state index in [1.54, 1.807) is 12.1 Å². The van der Waals surface area contributed by atoms with Crippen molar-refractivity contribution in [1.82, 2.24) is 4.72 Å². The average Bonchev–Trinajstić information content (AvgIpc) is 2.77. The first kappa shape index (κ1) is 15.3. The first-order valence-corrected chi connectivity index (χ1v) is 8.91. The highest BCUT2D eigenvalue weighted by Crippen LogP contribution is 2.33. The highest BCUT2D eigenvalue weighted by atomic mass is 32.2. The molecule has 0 saturated heterocycles. The van der Waals surface area contributed by atoms with Gasteiger partial charge in [-0.25, -0.2) is 13.1 Å². The molecule has 1 heterocycles. The number of carbonyl (C=O) groups is 1. The topological polar surface area (TPSA) is 86.7 Å². The van der Waals surface area contributed by atoms with Gasteiger partial charge in [-0.05, 0) is 42.9 Å². The van der Waals surface area contributed by atoms with Crippen LogP contribution >= 0.6 is 0 Å². The van der Waals surface area contributed by atoms with Crippen LogP contribution in [0.5, 0.6) is 0 Å². The standard InChI is InChI=1S/C15H20N2O4S/c1-17-5-4-11-2-3-13(9-14(11)17)22(20,21)16-12-6-10(7-12)8-15(18)19/h2-3,9-10,12,16H,4-8H2,1H3,(H,18,19). The zero-order valence-corrected chi connectivity index (χ0v) is 13.3. The smallest absolute Gasteiger partial charge is 0.303 e. The number of carboxylic acids is 1. The van der Waals surface area contributed by atoms with Crippen molar-refractivity contribution in [1.29, 1.82) is 0 Å². The van der Waals surface area contributed by atoms with Crippen molar-refractivity contribution < 1.29 is 18.3 Å². The molecule has 0 atom stereocenters. The van der Waals surface area contributed by atoms with Gasteiger partial charge in [-0.15, -0.1) is 0 Å². The van der Waals surface area contributed by atoms with Crippen LogP contribution in [0.4, 0.5) is 5.69 Å². The van der Waals surface area contributed by atoms with E-state index in [0.29, 0.717) is 12.8 Å². The lowest BCUT2D eigenvalue weighted by Gasteiger charge is -2.34. The number of nitrogens with one attached hydrogen (secondary N) is 1.